The average molecular weight is 164 g/mol. The first-order valence-electron chi connectivity index (χ1n) is 2.01. The van der Waals surface area contributed by atoms with Crippen LogP contribution in [-0.4, -0.2) is 6.29 Å². The van der Waals surface area contributed by atoms with Crippen LogP contribution < -0.4 is 0 Å². The van der Waals surface area contributed by atoms with Gasteiger partial charge in [-0.05, 0) is 6.29 Å². The molecule has 0 atom stereocenters. The molecule has 1 nitrogen and oxygen atoms in total. The maximum atomic E-state index is 9.28. The summed E-state index contributed by atoms with van der Waals surface area (Å²) < 4.78 is 0. The fourth-order valence-corrected chi connectivity index (χ4v) is 0. The summed E-state index contributed by atoms with van der Waals surface area (Å²) in [5, 5.41) is 0. The first-order valence-corrected chi connectivity index (χ1v) is 2.01. The van der Waals surface area contributed by atoms with E-state index in [4.69, 9.17) is 0 Å². The van der Waals surface area contributed by atoms with E-state index in [-0.39, 0.29) is 19.5 Å². The fourth-order valence-electron chi connectivity index (χ4n) is 0. The van der Waals surface area contributed by atoms with Gasteiger partial charge in [0.05, 0.1) is 0 Å². The summed E-state index contributed by atoms with van der Waals surface area (Å²) in [6, 6.07) is 0. The standard InChI is InChI=1S/C4H5O.C2H5.Zn/c1-4(2)3-5;1-2;/h1H2,2H3;1H2,2H3;/q2*-1;+2. The maximum Gasteiger partial charge on any atom is 2.00 e. The van der Waals surface area contributed by atoms with E-state index >= 15 is 0 Å². The van der Waals surface area contributed by atoms with Gasteiger partial charge in [0.2, 0.25) is 0 Å². The van der Waals surface area contributed by atoms with Gasteiger partial charge < -0.3 is 11.7 Å². The zero-order valence-corrected chi connectivity index (χ0v) is 8.50. The van der Waals surface area contributed by atoms with E-state index in [1.165, 1.54) is 0 Å². The molecule has 0 amide bonds. The van der Waals surface area contributed by atoms with E-state index in [1.54, 1.807) is 20.1 Å². The Morgan fingerprint density at radius 2 is 1.75 bits per heavy atom. The smallest absolute Gasteiger partial charge is 0.419 e. The largest absolute Gasteiger partial charge is 2.00 e. The molecular formula is C6H10OZn. The van der Waals surface area contributed by atoms with Crippen molar-refractivity contribution in [3.63, 3.8) is 0 Å². The Hall–Kier alpha value is 0.0334. The summed E-state index contributed by atoms with van der Waals surface area (Å²) in [5.41, 5.74) is 0.449. The van der Waals surface area contributed by atoms with E-state index < -0.39 is 0 Å². The summed E-state index contributed by atoms with van der Waals surface area (Å²) >= 11 is 0. The molecule has 0 aliphatic carbocycles. The molecule has 0 N–H and O–H groups in total. The molecule has 0 rings (SSSR count). The number of rotatable bonds is 1. The van der Waals surface area contributed by atoms with Gasteiger partial charge in [0.15, 0.2) is 0 Å². The summed E-state index contributed by atoms with van der Waals surface area (Å²) in [7, 11) is 0. The van der Waals surface area contributed by atoms with Gasteiger partial charge in [-0.15, -0.1) is 0 Å². The Morgan fingerprint density at radius 1 is 1.62 bits per heavy atom. The molecule has 0 bridgehead atoms. The Balaban J connectivity index is -0.0000000750. The molecule has 0 aliphatic rings. The van der Waals surface area contributed by atoms with Crippen LogP contribution in [0.1, 0.15) is 13.8 Å². The third-order valence-corrected chi connectivity index (χ3v) is 0.174. The van der Waals surface area contributed by atoms with Crippen molar-refractivity contribution in [2.75, 3.05) is 0 Å². The van der Waals surface area contributed by atoms with Crippen molar-refractivity contribution in [1.82, 2.24) is 0 Å². The summed E-state index contributed by atoms with van der Waals surface area (Å²) in [4.78, 5) is 9.28. The third kappa shape index (κ3) is 37.0. The second kappa shape index (κ2) is 15.7. The third-order valence-electron chi connectivity index (χ3n) is 0.174. The second-order valence-corrected chi connectivity index (χ2v) is 0.882. The molecule has 0 unspecified atom stereocenters. The quantitative estimate of drug-likeness (QED) is 0.325. The van der Waals surface area contributed by atoms with Gasteiger partial charge in [-0.2, -0.15) is 12.5 Å². The van der Waals surface area contributed by atoms with Gasteiger partial charge >= 0.3 is 19.5 Å². The van der Waals surface area contributed by atoms with Crippen molar-refractivity contribution in [2.45, 2.75) is 13.8 Å². The molecule has 0 aromatic rings. The summed E-state index contributed by atoms with van der Waals surface area (Å²) in [6.45, 7) is 9.85. The van der Waals surface area contributed by atoms with Crippen LogP contribution in [0.2, 0.25) is 0 Å². The van der Waals surface area contributed by atoms with Gasteiger partial charge in [-0.25, -0.2) is 6.58 Å². The molecule has 42 valence electrons. The topological polar surface area (TPSA) is 17.1 Å². The van der Waals surface area contributed by atoms with E-state index in [1.807, 2.05) is 0 Å². The number of hydrogen-bond donors (Lipinski definition) is 0. The van der Waals surface area contributed by atoms with Gasteiger partial charge in [0, 0.05) is 0 Å². The van der Waals surface area contributed by atoms with Crippen LogP contribution in [0, 0.1) is 6.92 Å². The van der Waals surface area contributed by atoms with E-state index in [2.05, 4.69) is 13.5 Å². The normalized spacial score (nSPS) is 4.88. The monoisotopic (exact) mass is 162 g/mol. The van der Waals surface area contributed by atoms with E-state index in [9.17, 15) is 4.79 Å². The predicted molar refractivity (Wildman–Crippen MR) is 31.5 cm³/mol. The van der Waals surface area contributed by atoms with Crippen LogP contribution in [-0.2, 0) is 24.3 Å². The minimum Gasteiger partial charge on any atom is -0.419 e. The first kappa shape index (κ1) is 15.7. The van der Waals surface area contributed by atoms with E-state index in [0.717, 1.165) is 0 Å². The number of hydrogen-bond acceptors (Lipinski definition) is 1. The Labute approximate surface area is 63.9 Å². The van der Waals surface area contributed by atoms with Crippen molar-refractivity contribution in [3.05, 3.63) is 19.1 Å². The van der Waals surface area contributed by atoms with Gasteiger partial charge in [0.1, 0.15) is 0 Å². The zero-order valence-electron chi connectivity index (χ0n) is 5.53. The second-order valence-electron chi connectivity index (χ2n) is 0.882. The molecule has 0 saturated carbocycles. The number of carbonyl (C=O) groups excluding carboxylic acids is 1. The Morgan fingerprint density at radius 3 is 1.75 bits per heavy atom. The Bertz CT molecular complexity index is 59.5. The minimum absolute atomic E-state index is 0. The van der Waals surface area contributed by atoms with Crippen LogP contribution >= 0.6 is 0 Å². The van der Waals surface area contributed by atoms with Crippen molar-refractivity contribution in [1.29, 1.82) is 0 Å². The van der Waals surface area contributed by atoms with Crippen molar-refractivity contribution in [3.8, 4) is 0 Å². The van der Waals surface area contributed by atoms with Gasteiger partial charge in [0.25, 0.3) is 0 Å². The molecule has 8 heavy (non-hydrogen) atoms. The summed E-state index contributed by atoms with van der Waals surface area (Å²) in [5.74, 6) is 0. The molecule has 0 radical (unpaired) electrons. The first-order chi connectivity index (χ1) is 3.27. The average Bonchev–Trinajstić information content (AvgIpc) is 1.73. The molecule has 0 fully saturated rings. The fraction of sp³-hybridized carbons (Fsp3) is 0.333. The zero-order chi connectivity index (χ0) is 6.28. The molecule has 0 saturated heterocycles. The van der Waals surface area contributed by atoms with Crippen molar-refractivity contribution < 1.29 is 24.3 Å². The van der Waals surface area contributed by atoms with Gasteiger partial charge in [-0.1, -0.05) is 6.92 Å². The van der Waals surface area contributed by atoms with Crippen molar-refractivity contribution in [2.24, 2.45) is 0 Å². The maximum absolute atomic E-state index is 9.28. The minimum atomic E-state index is 0. The molecule has 0 spiro atoms. The van der Waals surface area contributed by atoms with Crippen LogP contribution in [0.5, 0.6) is 0 Å². The molecular weight excluding hydrogens is 153 g/mol. The number of allylic oxidation sites excluding steroid dienone is 1. The van der Waals surface area contributed by atoms with E-state index in [0.29, 0.717) is 5.57 Å². The molecule has 0 heterocycles. The summed E-state index contributed by atoms with van der Waals surface area (Å²) in [6.07, 6.45) is 1.58. The van der Waals surface area contributed by atoms with Crippen LogP contribution in [0.4, 0.5) is 0 Å². The molecule has 0 aromatic heterocycles. The van der Waals surface area contributed by atoms with Crippen molar-refractivity contribution >= 4 is 6.29 Å². The van der Waals surface area contributed by atoms with Crippen LogP contribution in [0.15, 0.2) is 12.2 Å². The van der Waals surface area contributed by atoms with Gasteiger partial charge in [-0.3, -0.25) is 0 Å². The molecule has 0 aliphatic heterocycles. The van der Waals surface area contributed by atoms with Crippen LogP contribution in [0.25, 0.3) is 0 Å². The predicted octanol–water partition coefficient (Wildman–Crippen LogP) is 1.51. The Kier molecular flexibility index (Phi) is 30.9. The SMILES string of the molecule is C=C(C)[C-]=O.[CH2-]C.[Zn+2]. The van der Waals surface area contributed by atoms with Crippen LogP contribution in [0.3, 0.4) is 0 Å². The molecule has 2 heteroatoms. The molecule has 0 aromatic carbocycles.